The molecule has 1 atom stereocenters. The molecule has 0 bridgehead atoms. The summed E-state index contributed by atoms with van der Waals surface area (Å²) < 4.78 is 23.6. The predicted octanol–water partition coefficient (Wildman–Crippen LogP) is 3.01. The molecule has 3 N–H and O–H groups in total. The lowest BCUT2D eigenvalue weighted by Gasteiger charge is -2.17. The lowest BCUT2D eigenvalue weighted by molar-refractivity contribution is 0.0698. The third-order valence-electron chi connectivity index (χ3n) is 3.64. The van der Waals surface area contributed by atoms with Crippen molar-refractivity contribution >= 4 is 11.8 Å². The summed E-state index contributed by atoms with van der Waals surface area (Å²) in [5.74, 6) is -1.56. The first-order valence-corrected chi connectivity index (χ1v) is 7.81. The highest BCUT2D eigenvalue weighted by atomic mass is 19.1. The zero-order valence-electron chi connectivity index (χ0n) is 14.2. The Morgan fingerprint density at radius 1 is 1.44 bits per heavy atom. The maximum absolute atomic E-state index is 13.6. The Morgan fingerprint density at radius 3 is 2.72 bits per heavy atom. The molecular formula is C17H21FN2O5. The molecule has 0 aliphatic rings. The van der Waals surface area contributed by atoms with E-state index in [1.54, 1.807) is 0 Å². The number of anilines is 1. The van der Waals surface area contributed by atoms with Crippen LogP contribution in [-0.4, -0.2) is 41.1 Å². The van der Waals surface area contributed by atoms with E-state index in [2.05, 4.69) is 10.5 Å². The molecule has 0 amide bonds. The number of hydrogen-bond donors (Lipinski definition) is 3. The van der Waals surface area contributed by atoms with E-state index >= 15 is 0 Å². The van der Waals surface area contributed by atoms with Crippen LogP contribution in [0.2, 0.25) is 0 Å². The standard InChI is InChI=1S/C17H21FN2O5/c1-9(2)6-11(8-21)19-16-14(17(22)23)15(25-20-16)10-4-5-12(18)13(7-10)24-3/h4-5,7,9,11,21H,6,8H2,1-3H3,(H,19,20)(H,22,23)/t11-/m0/s1. The number of aliphatic hydroxyl groups excluding tert-OH is 1. The second-order valence-electron chi connectivity index (χ2n) is 6.04. The van der Waals surface area contributed by atoms with Gasteiger partial charge in [-0.3, -0.25) is 0 Å². The van der Waals surface area contributed by atoms with E-state index in [-0.39, 0.29) is 35.5 Å². The van der Waals surface area contributed by atoms with Gasteiger partial charge in [0.15, 0.2) is 28.7 Å². The van der Waals surface area contributed by atoms with Crippen LogP contribution in [0.3, 0.4) is 0 Å². The number of aliphatic hydroxyl groups is 1. The Hall–Kier alpha value is -2.61. The molecule has 1 aromatic heterocycles. The molecule has 8 heteroatoms. The maximum atomic E-state index is 13.6. The average molecular weight is 352 g/mol. The number of carbonyl (C=O) groups is 1. The van der Waals surface area contributed by atoms with Gasteiger partial charge in [0, 0.05) is 5.56 Å². The fraction of sp³-hybridized carbons (Fsp3) is 0.412. The summed E-state index contributed by atoms with van der Waals surface area (Å²) in [6.07, 6.45) is 0.627. The van der Waals surface area contributed by atoms with Crippen molar-refractivity contribution in [1.29, 1.82) is 0 Å². The van der Waals surface area contributed by atoms with Crippen molar-refractivity contribution < 1.29 is 28.7 Å². The zero-order valence-corrected chi connectivity index (χ0v) is 14.2. The second-order valence-corrected chi connectivity index (χ2v) is 6.04. The largest absolute Gasteiger partial charge is 0.494 e. The lowest BCUT2D eigenvalue weighted by Crippen LogP contribution is -2.26. The number of methoxy groups -OCH3 is 1. The van der Waals surface area contributed by atoms with Crippen LogP contribution >= 0.6 is 0 Å². The molecule has 7 nitrogen and oxygen atoms in total. The molecule has 1 heterocycles. The number of halogens is 1. The van der Waals surface area contributed by atoms with Crippen LogP contribution in [0.25, 0.3) is 11.3 Å². The number of nitrogens with zero attached hydrogens (tertiary/aromatic N) is 1. The topological polar surface area (TPSA) is 105 Å². The zero-order chi connectivity index (χ0) is 18.6. The SMILES string of the molecule is COc1cc(-c2onc(N[C@H](CO)CC(C)C)c2C(=O)O)ccc1F. The summed E-state index contributed by atoms with van der Waals surface area (Å²) in [6.45, 7) is 3.80. The summed E-state index contributed by atoms with van der Waals surface area (Å²) in [4.78, 5) is 11.7. The normalized spacial score (nSPS) is 12.2. The summed E-state index contributed by atoms with van der Waals surface area (Å²) in [6, 6.07) is 3.51. The van der Waals surface area contributed by atoms with Crippen LogP contribution in [0.15, 0.2) is 22.7 Å². The van der Waals surface area contributed by atoms with Gasteiger partial charge in [-0.05, 0) is 30.5 Å². The molecule has 2 rings (SSSR count). The fourth-order valence-corrected chi connectivity index (χ4v) is 2.53. The van der Waals surface area contributed by atoms with Gasteiger partial charge in [-0.15, -0.1) is 0 Å². The molecule has 0 spiro atoms. The Morgan fingerprint density at radius 2 is 2.16 bits per heavy atom. The van der Waals surface area contributed by atoms with E-state index in [0.717, 1.165) is 6.07 Å². The van der Waals surface area contributed by atoms with Crippen molar-refractivity contribution in [3.05, 3.63) is 29.6 Å². The highest BCUT2D eigenvalue weighted by Crippen LogP contribution is 2.33. The van der Waals surface area contributed by atoms with Crippen LogP contribution < -0.4 is 10.1 Å². The number of ether oxygens (including phenoxy) is 1. The van der Waals surface area contributed by atoms with Gasteiger partial charge in [-0.25, -0.2) is 9.18 Å². The van der Waals surface area contributed by atoms with Gasteiger partial charge in [-0.2, -0.15) is 0 Å². The molecule has 1 aromatic carbocycles. The first-order valence-electron chi connectivity index (χ1n) is 7.81. The molecule has 136 valence electrons. The molecule has 0 aliphatic heterocycles. The summed E-state index contributed by atoms with van der Waals surface area (Å²) >= 11 is 0. The number of aromatic nitrogens is 1. The van der Waals surface area contributed by atoms with Gasteiger partial charge < -0.3 is 24.8 Å². The minimum Gasteiger partial charge on any atom is -0.494 e. The molecular weight excluding hydrogens is 331 g/mol. The monoisotopic (exact) mass is 352 g/mol. The van der Waals surface area contributed by atoms with Crippen LogP contribution in [0.1, 0.15) is 30.6 Å². The smallest absolute Gasteiger partial charge is 0.343 e. The second kappa shape index (κ2) is 7.98. The Bertz CT molecular complexity index is 745. The van der Waals surface area contributed by atoms with E-state index in [9.17, 15) is 19.4 Å². The molecule has 0 aliphatic carbocycles. The molecule has 0 radical (unpaired) electrons. The minimum absolute atomic E-state index is 0.0189. The molecule has 0 saturated carbocycles. The van der Waals surface area contributed by atoms with Crippen molar-refractivity contribution in [2.45, 2.75) is 26.3 Å². The number of nitrogens with one attached hydrogen (secondary N) is 1. The van der Waals surface area contributed by atoms with Gasteiger partial charge in [0.05, 0.1) is 19.8 Å². The van der Waals surface area contributed by atoms with Gasteiger partial charge in [0.2, 0.25) is 0 Å². The van der Waals surface area contributed by atoms with E-state index < -0.39 is 11.8 Å². The summed E-state index contributed by atoms with van der Waals surface area (Å²) in [5, 5.41) is 25.7. The van der Waals surface area contributed by atoms with E-state index in [1.807, 2.05) is 13.8 Å². The van der Waals surface area contributed by atoms with Gasteiger partial charge in [0.1, 0.15) is 0 Å². The van der Waals surface area contributed by atoms with Gasteiger partial charge in [-0.1, -0.05) is 19.0 Å². The Kier molecular flexibility index (Phi) is 5.97. The van der Waals surface area contributed by atoms with Crippen LogP contribution in [0, 0.1) is 11.7 Å². The van der Waals surface area contributed by atoms with E-state index in [0.29, 0.717) is 17.9 Å². The first kappa shape index (κ1) is 18.7. The molecule has 0 unspecified atom stereocenters. The van der Waals surface area contributed by atoms with Crippen molar-refractivity contribution in [3.63, 3.8) is 0 Å². The summed E-state index contributed by atoms with van der Waals surface area (Å²) in [7, 11) is 1.31. The van der Waals surface area contributed by atoms with Crippen molar-refractivity contribution in [2.24, 2.45) is 5.92 Å². The third-order valence-corrected chi connectivity index (χ3v) is 3.64. The Balaban J connectivity index is 2.41. The number of benzene rings is 1. The minimum atomic E-state index is -1.25. The number of carboxylic acids is 1. The highest BCUT2D eigenvalue weighted by Gasteiger charge is 2.26. The van der Waals surface area contributed by atoms with Crippen LogP contribution in [-0.2, 0) is 0 Å². The van der Waals surface area contributed by atoms with E-state index in [4.69, 9.17) is 9.26 Å². The third kappa shape index (κ3) is 4.27. The lowest BCUT2D eigenvalue weighted by atomic mass is 10.0. The van der Waals surface area contributed by atoms with Gasteiger partial charge >= 0.3 is 5.97 Å². The average Bonchev–Trinajstić information content (AvgIpc) is 2.98. The number of rotatable bonds is 8. The van der Waals surface area contributed by atoms with Crippen LogP contribution in [0.5, 0.6) is 5.75 Å². The molecule has 25 heavy (non-hydrogen) atoms. The van der Waals surface area contributed by atoms with E-state index in [1.165, 1.54) is 19.2 Å². The number of aromatic carboxylic acids is 1. The number of hydrogen-bond acceptors (Lipinski definition) is 6. The highest BCUT2D eigenvalue weighted by molar-refractivity contribution is 5.99. The van der Waals surface area contributed by atoms with Crippen LogP contribution in [0.4, 0.5) is 10.2 Å². The predicted molar refractivity (Wildman–Crippen MR) is 89.4 cm³/mol. The number of carboxylic acid groups (broad SMARTS) is 1. The van der Waals surface area contributed by atoms with Crippen molar-refractivity contribution in [2.75, 3.05) is 19.0 Å². The van der Waals surface area contributed by atoms with Crippen molar-refractivity contribution in [3.8, 4) is 17.1 Å². The quantitative estimate of drug-likeness (QED) is 0.671. The Labute approximate surface area is 144 Å². The maximum Gasteiger partial charge on any atom is 0.343 e. The molecule has 2 aromatic rings. The van der Waals surface area contributed by atoms with Crippen molar-refractivity contribution in [1.82, 2.24) is 5.16 Å². The summed E-state index contributed by atoms with van der Waals surface area (Å²) in [5.41, 5.74) is 0.136. The van der Waals surface area contributed by atoms with Gasteiger partial charge in [0.25, 0.3) is 0 Å². The molecule has 0 saturated heterocycles. The molecule has 0 fully saturated rings. The first-order chi connectivity index (χ1) is 11.9. The fourth-order valence-electron chi connectivity index (χ4n) is 2.53.